The number of hydrogen-bond donors (Lipinski definition) is 0. The van der Waals surface area contributed by atoms with Gasteiger partial charge in [-0.05, 0) is 35.7 Å². The van der Waals surface area contributed by atoms with Gasteiger partial charge in [0.05, 0.1) is 11.8 Å². The molecule has 7 nitrogen and oxygen atoms in total. The van der Waals surface area contributed by atoms with E-state index in [0.29, 0.717) is 44.2 Å². The molecule has 4 aromatic rings. The number of ether oxygens (including phenoxy) is 1. The molecule has 2 aromatic carbocycles. The summed E-state index contributed by atoms with van der Waals surface area (Å²) in [5, 5.41) is 0. The fraction of sp³-hybridized carbons (Fsp3) is 0.241. The van der Waals surface area contributed by atoms with Crippen LogP contribution in [-0.2, 0) is 17.9 Å². The van der Waals surface area contributed by atoms with E-state index in [1.807, 2.05) is 83.3 Å². The maximum atomic E-state index is 13.9. The summed E-state index contributed by atoms with van der Waals surface area (Å²) in [7, 11) is 0. The van der Waals surface area contributed by atoms with E-state index in [1.165, 1.54) is 0 Å². The van der Waals surface area contributed by atoms with Crippen LogP contribution in [-0.4, -0.2) is 52.5 Å². The van der Waals surface area contributed by atoms with E-state index in [9.17, 15) is 9.59 Å². The fourth-order valence-corrected chi connectivity index (χ4v) is 4.61. The molecule has 1 fully saturated rings. The highest BCUT2D eigenvalue weighted by molar-refractivity contribution is 6.00. The molecule has 0 atom stereocenters. The highest BCUT2D eigenvalue weighted by Gasteiger charge is 2.30. The third kappa shape index (κ3) is 5.05. The summed E-state index contributed by atoms with van der Waals surface area (Å²) in [4.78, 5) is 29.9. The lowest BCUT2D eigenvalue weighted by Gasteiger charge is -2.34. The van der Waals surface area contributed by atoms with Gasteiger partial charge < -0.3 is 23.5 Å². The van der Waals surface area contributed by atoms with Crippen molar-refractivity contribution in [2.75, 3.05) is 26.2 Å². The van der Waals surface area contributed by atoms with Gasteiger partial charge in [-0.1, -0.05) is 60.7 Å². The summed E-state index contributed by atoms with van der Waals surface area (Å²) in [6, 6.07) is 23.4. The van der Waals surface area contributed by atoms with Crippen molar-refractivity contribution in [3.8, 4) is 11.3 Å². The largest absolute Gasteiger partial charge is 0.464 e. The summed E-state index contributed by atoms with van der Waals surface area (Å²) in [6.07, 6.45) is 3.28. The minimum Gasteiger partial charge on any atom is -0.464 e. The molecule has 2 amide bonds. The fourth-order valence-electron chi connectivity index (χ4n) is 4.61. The number of amides is 2. The molecule has 1 saturated heterocycles. The van der Waals surface area contributed by atoms with Crippen molar-refractivity contribution in [2.24, 2.45) is 0 Å². The van der Waals surface area contributed by atoms with Crippen LogP contribution in [0.5, 0.6) is 0 Å². The Balaban J connectivity index is 1.31. The van der Waals surface area contributed by atoms with Gasteiger partial charge in [0.1, 0.15) is 18.1 Å². The van der Waals surface area contributed by atoms with E-state index in [0.717, 1.165) is 22.3 Å². The Morgan fingerprint density at radius 1 is 0.833 bits per heavy atom. The Morgan fingerprint density at radius 3 is 2.11 bits per heavy atom. The molecular weight excluding hydrogens is 454 g/mol. The minimum absolute atomic E-state index is 0.0669. The minimum atomic E-state index is -0.356. The Labute approximate surface area is 210 Å². The molecule has 1 aliphatic rings. The van der Waals surface area contributed by atoms with Gasteiger partial charge in [0, 0.05) is 38.9 Å². The van der Waals surface area contributed by atoms with Crippen molar-refractivity contribution in [3.05, 3.63) is 108 Å². The second-order valence-corrected chi connectivity index (χ2v) is 8.95. The van der Waals surface area contributed by atoms with E-state index < -0.39 is 0 Å². The summed E-state index contributed by atoms with van der Waals surface area (Å²) < 4.78 is 13.2. The lowest BCUT2D eigenvalue weighted by molar-refractivity contribution is 0.0537. The van der Waals surface area contributed by atoms with E-state index in [-0.39, 0.29) is 18.6 Å². The predicted molar refractivity (Wildman–Crippen MR) is 137 cm³/mol. The van der Waals surface area contributed by atoms with Crippen LogP contribution in [0.25, 0.3) is 11.3 Å². The van der Waals surface area contributed by atoms with Gasteiger partial charge in [0.2, 0.25) is 0 Å². The number of rotatable bonds is 6. The molecule has 5 rings (SSSR count). The topological polar surface area (TPSA) is 67.9 Å². The van der Waals surface area contributed by atoms with Crippen molar-refractivity contribution < 1.29 is 18.7 Å². The Morgan fingerprint density at radius 2 is 1.47 bits per heavy atom. The van der Waals surface area contributed by atoms with Crippen LogP contribution in [0.4, 0.5) is 4.79 Å². The molecule has 0 unspecified atom stereocenters. The van der Waals surface area contributed by atoms with Crippen molar-refractivity contribution in [1.82, 2.24) is 14.4 Å². The molecule has 36 heavy (non-hydrogen) atoms. The number of nitrogens with zero attached hydrogens (tertiary/aromatic N) is 3. The van der Waals surface area contributed by atoms with Gasteiger partial charge in [0.15, 0.2) is 0 Å². The average molecular weight is 484 g/mol. The first-order valence-electron chi connectivity index (χ1n) is 12.1. The molecule has 1 aliphatic heterocycles. The number of piperazine rings is 1. The standard InChI is InChI=1S/C29H29N3O4/c1-22-19-32(20-23-9-4-2-5-10-23)27(26(22)25-13-8-18-35-25)28(33)30-14-16-31(17-15-30)29(34)36-21-24-11-6-3-7-12-24/h2-13,18-19H,14-17,20-21H2,1H3. The van der Waals surface area contributed by atoms with Crippen LogP contribution in [0.15, 0.2) is 89.7 Å². The lowest BCUT2D eigenvalue weighted by atomic mass is 10.1. The second kappa shape index (κ2) is 10.6. The normalized spacial score (nSPS) is 13.6. The zero-order valence-electron chi connectivity index (χ0n) is 20.3. The SMILES string of the molecule is Cc1cn(Cc2ccccc2)c(C(=O)N2CCN(C(=O)OCc3ccccc3)CC2)c1-c1ccco1. The van der Waals surface area contributed by atoms with Crippen LogP contribution in [0, 0.1) is 6.92 Å². The van der Waals surface area contributed by atoms with Gasteiger partial charge in [0.25, 0.3) is 5.91 Å². The van der Waals surface area contributed by atoms with Crippen LogP contribution >= 0.6 is 0 Å². The van der Waals surface area contributed by atoms with Crippen molar-refractivity contribution in [2.45, 2.75) is 20.1 Å². The Kier molecular flexibility index (Phi) is 6.89. The van der Waals surface area contributed by atoms with Crippen molar-refractivity contribution in [1.29, 1.82) is 0 Å². The number of carbonyl (C=O) groups excluding carboxylic acids is 2. The maximum Gasteiger partial charge on any atom is 0.410 e. The van der Waals surface area contributed by atoms with E-state index in [2.05, 4.69) is 12.1 Å². The first kappa shape index (κ1) is 23.5. The van der Waals surface area contributed by atoms with E-state index in [4.69, 9.17) is 9.15 Å². The molecule has 7 heteroatoms. The summed E-state index contributed by atoms with van der Waals surface area (Å²) >= 11 is 0. The highest BCUT2D eigenvalue weighted by atomic mass is 16.6. The zero-order valence-corrected chi connectivity index (χ0v) is 20.3. The van der Waals surface area contributed by atoms with Gasteiger partial charge in [-0.2, -0.15) is 0 Å². The lowest BCUT2D eigenvalue weighted by Crippen LogP contribution is -2.51. The second-order valence-electron chi connectivity index (χ2n) is 8.95. The summed E-state index contributed by atoms with van der Waals surface area (Å²) in [5.41, 5.74) is 4.45. The number of benzene rings is 2. The number of carbonyl (C=O) groups is 2. The quantitative estimate of drug-likeness (QED) is 0.378. The number of aryl methyl sites for hydroxylation is 1. The van der Waals surface area contributed by atoms with Crippen molar-refractivity contribution >= 4 is 12.0 Å². The molecule has 3 heterocycles. The third-order valence-corrected chi connectivity index (χ3v) is 6.46. The number of furan rings is 1. The summed E-state index contributed by atoms with van der Waals surface area (Å²) in [5.74, 6) is 0.605. The monoisotopic (exact) mass is 483 g/mol. The van der Waals surface area contributed by atoms with E-state index in [1.54, 1.807) is 11.2 Å². The van der Waals surface area contributed by atoms with Gasteiger partial charge in [-0.25, -0.2) is 4.79 Å². The predicted octanol–water partition coefficient (Wildman–Crippen LogP) is 5.20. The van der Waals surface area contributed by atoms with Gasteiger partial charge >= 0.3 is 6.09 Å². The van der Waals surface area contributed by atoms with Crippen molar-refractivity contribution in [3.63, 3.8) is 0 Å². The molecule has 2 aromatic heterocycles. The molecule has 184 valence electrons. The van der Waals surface area contributed by atoms with Gasteiger partial charge in [-0.3, -0.25) is 4.79 Å². The third-order valence-electron chi connectivity index (χ3n) is 6.46. The molecule has 0 bridgehead atoms. The molecule has 0 aliphatic carbocycles. The van der Waals surface area contributed by atoms with E-state index >= 15 is 0 Å². The first-order chi connectivity index (χ1) is 17.6. The van der Waals surface area contributed by atoms with Crippen LogP contribution < -0.4 is 0 Å². The van der Waals surface area contributed by atoms with Gasteiger partial charge in [-0.15, -0.1) is 0 Å². The number of hydrogen-bond acceptors (Lipinski definition) is 4. The summed E-state index contributed by atoms with van der Waals surface area (Å²) in [6.45, 7) is 4.53. The van der Waals surface area contributed by atoms with Crippen LogP contribution in [0.2, 0.25) is 0 Å². The zero-order chi connectivity index (χ0) is 24.9. The molecule has 0 radical (unpaired) electrons. The average Bonchev–Trinajstić information content (AvgIpc) is 3.55. The molecular formula is C29H29N3O4. The molecule has 0 spiro atoms. The molecule has 0 saturated carbocycles. The molecule has 0 N–H and O–H groups in total. The Bertz CT molecular complexity index is 1310. The highest BCUT2D eigenvalue weighted by Crippen LogP contribution is 2.31. The number of aromatic nitrogens is 1. The first-order valence-corrected chi connectivity index (χ1v) is 12.1. The van der Waals surface area contributed by atoms with Crippen LogP contribution in [0.1, 0.15) is 27.2 Å². The smallest absolute Gasteiger partial charge is 0.410 e. The maximum absolute atomic E-state index is 13.9. The van der Waals surface area contributed by atoms with Crippen LogP contribution in [0.3, 0.4) is 0 Å². The Hall–Kier alpha value is -4.26.